The molecule has 4 saturated heterocycles. The van der Waals surface area contributed by atoms with Crippen LogP contribution in [0.4, 0.5) is 0 Å². The lowest BCUT2D eigenvalue weighted by atomic mass is 9.95. The molecule has 4 aliphatic heterocycles. The molecular formula is C32H40N4O13S2. The summed E-state index contributed by atoms with van der Waals surface area (Å²) in [6.45, 7) is 4.73. The van der Waals surface area contributed by atoms with E-state index in [9.17, 15) is 42.0 Å². The predicted molar refractivity (Wildman–Crippen MR) is 176 cm³/mol. The SMILES string of the molecule is CC1(C)S[C@@H]2[C@H](NC(=O)C(N)c3ccccc3)C(=O)N2[C@H]1C(=O)OCOC(=O)CCCCC(=O)OCOC(=O)[C@@H]1N2C(=O)C[C@H]2S(=O)(=O)C1(C)C. The summed E-state index contributed by atoms with van der Waals surface area (Å²) in [5.74, 6) is -4.68. The molecule has 17 nitrogen and oxygen atoms in total. The molecule has 4 fully saturated rings. The van der Waals surface area contributed by atoms with Gasteiger partial charge in [-0.15, -0.1) is 11.8 Å². The van der Waals surface area contributed by atoms with Crippen molar-refractivity contribution in [1.82, 2.24) is 15.1 Å². The predicted octanol–water partition coefficient (Wildman–Crippen LogP) is 0.0157. The van der Waals surface area contributed by atoms with Crippen molar-refractivity contribution < 1.29 is 60.9 Å². The van der Waals surface area contributed by atoms with E-state index in [1.165, 1.54) is 30.5 Å². The van der Waals surface area contributed by atoms with Gasteiger partial charge in [-0.1, -0.05) is 30.3 Å². The summed E-state index contributed by atoms with van der Waals surface area (Å²) in [5.41, 5.74) is 6.65. The first-order chi connectivity index (χ1) is 23.9. The van der Waals surface area contributed by atoms with Gasteiger partial charge in [0.05, 0.1) is 11.2 Å². The number of nitrogens with zero attached hydrogens (tertiary/aromatic N) is 2. The van der Waals surface area contributed by atoms with Crippen LogP contribution in [0.15, 0.2) is 30.3 Å². The van der Waals surface area contributed by atoms with E-state index in [-0.39, 0.29) is 32.1 Å². The van der Waals surface area contributed by atoms with Gasteiger partial charge in [0.2, 0.25) is 31.3 Å². The Balaban J connectivity index is 0.965. The van der Waals surface area contributed by atoms with Gasteiger partial charge in [-0.25, -0.2) is 18.0 Å². The number of β-lactam (4-membered cyclic amide) rings is 2. The first-order valence-corrected chi connectivity index (χ1v) is 18.6. The maximum absolute atomic E-state index is 13.0. The van der Waals surface area contributed by atoms with Crippen molar-refractivity contribution in [2.75, 3.05) is 13.6 Å². The van der Waals surface area contributed by atoms with Crippen molar-refractivity contribution in [3.8, 4) is 0 Å². The van der Waals surface area contributed by atoms with E-state index in [2.05, 4.69) is 5.32 Å². The van der Waals surface area contributed by atoms with Gasteiger partial charge in [0.15, 0.2) is 9.84 Å². The standard InChI is InChI=1S/C32H40N4O13S2/c1-31(2)24(36-27(41)23(28(36)50-31)34-26(40)22(33)17-10-6-5-7-11-17)29(42)48-15-46-20(38)12-8-9-13-21(39)47-16-49-30(43)25-32(3,4)51(44,45)19-14-18(37)35(19)25/h5-7,10-11,19,22-25,28H,8-9,12-16,33H2,1-4H3,(H,34,40)/t19-,22?,23-,24+,25+,28-/m1/s1. The van der Waals surface area contributed by atoms with Crippen LogP contribution in [0, 0.1) is 0 Å². The maximum atomic E-state index is 13.0. The van der Waals surface area contributed by atoms with E-state index in [0.717, 1.165) is 4.90 Å². The van der Waals surface area contributed by atoms with Gasteiger partial charge in [-0.3, -0.25) is 24.0 Å². The van der Waals surface area contributed by atoms with E-state index < -0.39 is 109 Å². The molecule has 6 atom stereocenters. The lowest BCUT2D eigenvalue weighted by molar-refractivity contribution is -0.177. The fraction of sp³-hybridized carbons (Fsp3) is 0.594. The van der Waals surface area contributed by atoms with Gasteiger partial charge >= 0.3 is 23.9 Å². The number of hydrogen-bond donors (Lipinski definition) is 2. The summed E-state index contributed by atoms with van der Waals surface area (Å²) >= 11 is 1.33. The van der Waals surface area contributed by atoms with Crippen molar-refractivity contribution in [2.45, 2.75) is 104 Å². The lowest BCUT2D eigenvalue weighted by Crippen LogP contribution is -2.71. The summed E-state index contributed by atoms with van der Waals surface area (Å²) in [4.78, 5) is 89.9. The topological polar surface area (TPSA) is 235 Å². The molecule has 4 aliphatic rings. The summed E-state index contributed by atoms with van der Waals surface area (Å²) < 4.78 is 42.9. The fourth-order valence-corrected chi connectivity index (χ4v) is 10.3. The van der Waals surface area contributed by atoms with Crippen molar-refractivity contribution in [3.05, 3.63) is 35.9 Å². The minimum atomic E-state index is -3.79. The normalized spacial score (nSPS) is 26.8. The number of benzene rings is 1. The van der Waals surface area contributed by atoms with E-state index in [4.69, 9.17) is 24.7 Å². The van der Waals surface area contributed by atoms with Crippen LogP contribution in [0.1, 0.15) is 71.4 Å². The van der Waals surface area contributed by atoms with Crippen molar-refractivity contribution in [3.63, 3.8) is 0 Å². The molecule has 3 amide bonds. The molecule has 0 aliphatic carbocycles. The molecular weight excluding hydrogens is 713 g/mol. The van der Waals surface area contributed by atoms with Gasteiger partial charge in [-0.05, 0) is 46.1 Å². The Morgan fingerprint density at radius 1 is 0.882 bits per heavy atom. The molecule has 4 heterocycles. The van der Waals surface area contributed by atoms with Crippen molar-refractivity contribution in [1.29, 1.82) is 0 Å². The van der Waals surface area contributed by atoms with Crippen molar-refractivity contribution >= 4 is 63.2 Å². The van der Waals surface area contributed by atoms with Crippen LogP contribution in [0.25, 0.3) is 0 Å². The van der Waals surface area contributed by atoms with Crippen LogP contribution < -0.4 is 11.1 Å². The Bertz CT molecular complexity index is 1720. The highest BCUT2D eigenvalue weighted by Gasteiger charge is 2.68. The number of amides is 3. The maximum Gasteiger partial charge on any atom is 0.333 e. The number of thioether (sulfide) groups is 1. The van der Waals surface area contributed by atoms with Crippen LogP contribution >= 0.6 is 11.8 Å². The largest absolute Gasteiger partial charge is 0.428 e. The lowest BCUT2D eigenvalue weighted by Gasteiger charge is -2.44. The number of rotatable bonds is 14. The summed E-state index contributed by atoms with van der Waals surface area (Å²) in [6.07, 6.45) is -0.0151. The Kier molecular flexibility index (Phi) is 10.7. The number of nitrogens with one attached hydrogen (secondary N) is 1. The Labute approximate surface area is 298 Å². The molecule has 19 heteroatoms. The number of unbranched alkanes of at least 4 members (excludes halogenated alkanes) is 1. The highest BCUT2D eigenvalue weighted by Crippen LogP contribution is 2.51. The number of sulfone groups is 1. The number of nitrogens with two attached hydrogens (primary N) is 1. The first kappa shape index (κ1) is 38.0. The van der Waals surface area contributed by atoms with Gasteiger partial charge in [0.25, 0.3) is 0 Å². The molecule has 51 heavy (non-hydrogen) atoms. The molecule has 0 radical (unpaired) electrons. The quantitative estimate of drug-likeness (QED) is 0.110. The van der Waals surface area contributed by atoms with Crippen LogP contribution in [0.3, 0.4) is 0 Å². The van der Waals surface area contributed by atoms with Gasteiger partial charge < -0.3 is 39.8 Å². The van der Waals surface area contributed by atoms with Crippen LogP contribution in [-0.4, -0.2) is 112 Å². The van der Waals surface area contributed by atoms with Crippen LogP contribution in [-0.2, 0) is 62.3 Å². The molecule has 0 aromatic heterocycles. The van der Waals surface area contributed by atoms with E-state index in [1.807, 2.05) is 0 Å². The zero-order valence-electron chi connectivity index (χ0n) is 28.4. The molecule has 1 aromatic carbocycles. The summed E-state index contributed by atoms with van der Waals surface area (Å²) in [6, 6.07) is 4.51. The van der Waals surface area contributed by atoms with Crippen LogP contribution in [0.5, 0.6) is 0 Å². The third-order valence-corrected chi connectivity index (χ3v) is 13.8. The number of carbonyl (C=O) groups excluding carboxylic acids is 7. The summed E-state index contributed by atoms with van der Waals surface area (Å²) in [7, 11) is -3.79. The van der Waals surface area contributed by atoms with E-state index >= 15 is 0 Å². The van der Waals surface area contributed by atoms with Crippen LogP contribution in [0.2, 0.25) is 0 Å². The first-order valence-electron chi connectivity index (χ1n) is 16.2. The molecule has 1 aromatic rings. The fourth-order valence-electron chi connectivity index (χ4n) is 6.54. The average molecular weight is 753 g/mol. The molecule has 278 valence electrons. The molecule has 1 unspecified atom stereocenters. The highest BCUT2D eigenvalue weighted by molar-refractivity contribution is 8.01. The Morgan fingerprint density at radius 2 is 1.43 bits per heavy atom. The van der Waals surface area contributed by atoms with Gasteiger partial charge in [0.1, 0.15) is 34.9 Å². The molecule has 0 bridgehead atoms. The minimum absolute atomic E-state index is 0.111. The highest BCUT2D eigenvalue weighted by atomic mass is 32.2. The van der Waals surface area contributed by atoms with E-state index in [1.54, 1.807) is 44.2 Å². The zero-order chi connectivity index (χ0) is 37.5. The van der Waals surface area contributed by atoms with Crippen molar-refractivity contribution in [2.24, 2.45) is 5.73 Å². The second kappa shape index (κ2) is 14.4. The average Bonchev–Trinajstić information content (AvgIpc) is 3.40. The zero-order valence-corrected chi connectivity index (χ0v) is 30.0. The van der Waals surface area contributed by atoms with E-state index in [0.29, 0.717) is 5.56 Å². The van der Waals surface area contributed by atoms with Gasteiger partial charge in [-0.2, -0.15) is 0 Å². The monoisotopic (exact) mass is 752 g/mol. The number of ether oxygens (including phenoxy) is 4. The molecule has 5 rings (SSSR count). The third kappa shape index (κ3) is 7.15. The second-order valence-electron chi connectivity index (χ2n) is 13.5. The summed E-state index contributed by atoms with van der Waals surface area (Å²) in [5, 5.41) is 1.09. The number of fused-ring (bicyclic) bond motifs is 2. The third-order valence-electron chi connectivity index (χ3n) is 9.46. The molecule has 0 saturated carbocycles. The minimum Gasteiger partial charge on any atom is -0.428 e. The number of esters is 4. The number of hydrogen-bond acceptors (Lipinski definition) is 15. The van der Waals surface area contributed by atoms with Gasteiger partial charge in [0, 0.05) is 17.6 Å². The number of carbonyl (C=O) groups is 7. The molecule has 0 spiro atoms. The smallest absolute Gasteiger partial charge is 0.333 e. The second-order valence-corrected chi connectivity index (χ2v) is 18.0. The Hall–Kier alpha value is -4.23. The Morgan fingerprint density at radius 3 is 1.98 bits per heavy atom. The molecule has 3 N–H and O–H groups in total.